The molecule has 0 saturated heterocycles. The van der Waals surface area contributed by atoms with E-state index in [0.717, 1.165) is 10.9 Å². The molecule has 0 fully saturated rings. The summed E-state index contributed by atoms with van der Waals surface area (Å²) in [5, 5.41) is 5.03. The normalized spacial score (nSPS) is 10.7. The fraction of sp³-hybridized carbons (Fsp3) is 0.125. The Morgan fingerprint density at radius 1 is 1.00 bits per heavy atom. The number of nitrogens with one attached hydrogen (secondary N) is 2. The fourth-order valence-electron chi connectivity index (χ4n) is 2.34. The van der Waals surface area contributed by atoms with Gasteiger partial charge < -0.3 is 19.8 Å². The Morgan fingerprint density at radius 3 is 2.25 bits per heavy atom. The Morgan fingerprint density at radius 2 is 1.62 bits per heavy atom. The summed E-state index contributed by atoms with van der Waals surface area (Å²) in [5.41, 5.74) is 1.47. The molecule has 0 aliphatic rings. The van der Waals surface area contributed by atoms with Gasteiger partial charge in [-0.05, 0) is 36.5 Å². The molecule has 1 aromatic heterocycles. The van der Waals surface area contributed by atoms with Crippen molar-refractivity contribution in [3.63, 3.8) is 0 Å². The van der Waals surface area contributed by atoms with Crippen LogP contribution in [0.2, 0.25) is 10.0 Å². The lowest BCUT2D eigenvalue weighted by Crippen LogP contribution is -1.99. The van der Waals surface area contributed by atoms with E-state index in [2.05, 4.69) is 15.3 Å². The molecule has 3 aromatic rings. The Labute approximate surface area is 153 Å². The van der Waals surface area contributed by atoms with Crippen LogP contribution >= 0.6 is 35.4 Å². The number of benzene rings is 2. The standard InChI is InChI=1S/C16H13Cl2N3O2S/c1-22-13-6-11-12(7-14(13)23-2)20-16(24)21-15(11)19-10-4-8(17)3-9(18)5-10/h3-7H,1-2H3,(H2,19,20,21,24). The SMILES string of the molecule is COc1cc2[nH]c(=S)nc(Nc3cc(Cl)cc(Cl)c3)c2cc1OC. The van der Waals surface area contributed by atoms with Gasteiger partial charge in [0, 0.05) is 27.2 Å². The maximum absolute atomic E-state index is 6.04. The maximum Gasteiger partial charge on any atom is 0.199 e. The highest BCUT2D eigenvalue weighted by atomic mass is 35.5. The summed E-state index contributed by atoms with van der Waals surface area (Å²) in [4.78, 5) is 7.39. The third kappa shape index (κ3) is 3.40. The number of rotatable bonds is 4. The van der Waals surface area contributed by atoms with Gasteiger partial charge in [0.05, 0.1) is 19.7 Å². The highest BCUT2D eigenvalue weighted by Crippen LogP contribution is 2.35. The van der Waals surface area contributed by atoms with Crippen molar-refractivity contribution in [3.05, 3.63) is 45.1 Å². The Bertz CT molecular complexity index is 955. The van der Waals surface area contributed by atoms with Crippen LogP contribution in [-0.4, -0.2) is 24.2 Å². The summed E-state index contributed by atoms with van der Waals surface area (Å²) in [5.74, 6) is 1.75. The molecule has 0 spiro atoms. The van der Waals surface area contributed by atoms with Gasteiger partial charge in [-0.1, -0.05) is 23.2 Å². The Balaban J connectivity index is 2.17. The number of nitrogens with zero attached hydrogens (tertiary/aromatic N) is 1. The number of hydrogen-bond acceptors (Lipinski definition) is 5. The van der Waals surface area contributed by atoms with E-state index in [4.69, 9.17) is 44.9 Å². The van der Waals surface area contributed by atoms with Crippen LogP contribution in [-0.2, 0) is 0 Å². The second kappa shape index (κ2) is 6.84. The third-order valence-electron chi connectivity index (χ3n) is 3.36. The molecule has 0 aliphatic heterocycles. The van der Waals surface area contributed by atoms with Gasteiger partial charge in [-0.2, -0.15) is 0 Å². The number of anilines is 2. The van der Waals surface area contributed by atoms with Crippen molar-refractivity contribution in [2.75, 3.05) is 19.5 Å². The quantitative estimate of drug-likeness (QED) is 0.595. The monoisotopic (exact) mass is 381 g/mol. The molecule has 124 valence electrons. The van der Waals surface area contributed by atoms with Gasteiger partial charge >= 0.3 is 0 Å². The van der Waals surface area contributed by atoms with Crippen LogP contribution in [0.15, 0.2) is 30.3 Å². The summed E-state index contributed by atoms with van der Waals surface area (Å²) < 4.78 is 11.0. The lowest BCUT2D eigenvalue weighted by atomic mass is 10.2. The molecule has 5 nitrogen and oxygen atoms in total. The van der Waals surface area contributed by atoms with Crippen LogP contribution in [0.1, 0.15) is 0 Å². The molecular weight excluding hydrogens is 369 g/mol. The van der Waals surface area contributed by atoms with E-state index in [9.17, 15) is 0 Å². The van der Waals surface area contributed by atoms with Crippen molar-refractivity contribution in [1.82, 2.24) is 9.97 Å². The first kappa shape index (κ1) is 16.8. The first-order valence-electron chi connectivity index (χ1n) is 6.89. The van der Waals surface area contributed by atoms with E-state index in [1.54, 1.807) is 32.4 Å². The van der Waals surface area contributed by atoms with E-state index in [0.29, 0.717) is 37.8 Å². The van der Waals surface area contributed by atoms with Crippen molar-refractivity contribution < 1.29 is 9.47 Å². The minimum atomic E-state index is 0.338. The van der Waals surface area contributed by atoms with Crippen LogP contribution in [0.25, 0.3) is 10.9 Å². The lowest BCUT2D eigenvalue weighted by molar-refractivity contribution is 0.356. The molecule has 0 saturated carbocycles. The van der Waals surface area contributed by atoms with Gasteiger partial charge in [-0.25, -0.2) is 4.98 Å². The van der Waals surface area contributed by atoms with Crippen molar-refractivity contribution >= 4 is 57.8 Å². The number of aromatic nitrogens is 2. The largest absolute Gasteiger partial charge is 0.493 e. The highest BCUT2D eigenvalue weighted by molar-refractivity contribution is 7.71. The Hall–Kier alpha value is -2.02. The highest BCUT2D eigenvalue weighted by Gasteiger charge is 2.11. The van der Waals surface area contributed by atoms with E-state index in [1.165, 1.54) is 0 Å². The summed E-state index contributed by atoms with van der Waals surface area (Å²) >= 11 is 17.3. The van der Waals surface area contributed by atoms with Crippen LogP contribution in [0, 0.1) is 4.77 Å². The predicted octanol–water partition coefficient (Wildman–Crippen LogP) is 5.36. The zero-order valence-electron chi connectivity index (χ0n) is 12.8. The van der Waals surface area contributed by atoms with E-state index < -0.39 is 0 Å². The number of methoxy groups -OCH3 is 2. The molecule has 0 bridgehead atoms. The zero-order valence-corrected chi connectivity index (χ0v) is 15.1. The zero-order chi connectivity index (χ0) is 17.3. The van der Waals surface area contributed by atoms with E-state index in [1.807, 2.05) is 12.1 Å². The second-order valence-corrected chi connectivity index (χ2v) is 6.19. The minimum absolute atomic E-state index is 0.338. The van der Waals surface area contributed by atoms with Gasteiger partial charge in [-0.15, -0.1) is 0 Å². The van der Waals surface area contributed by atoms with Crippen molar-refractivity contribution in [2.45, 2.75) is 0 Å². The number of aromatic amines is 1. The van der Waals surface area contributed by atoms with Gasteiger partial charge in [0.15, 0.2) is 16.3 Å². The van der Waals surface area contributed by atoms with Crippen molar-refractivity contribution in [1.29, 1.82) is 0 Å². The third-order valence-corrected chi connectivity index (χ3v) is 3.99. The van der Waals surface area contributed by atoms with E-state index >= 15 is 0 Å². The Kier molecular flexibility index (Phi) is 4.80. The van der Waals surface area contributed by atoms with Crippen molar-refractivity contribution in [2.24, 2.45) is 0 Å². The lowest BCUT2D eigenvalue weighted by Gasteiger charge is -2.13. The molecule has 0 aliphatic carbocycles. The summed E-state index contributed by atoms with van der Waals surface area (Å²) in [6, 6.07) is 8.79. The molecule has 8 heteroatoms. The molecule has 0 atom stereocenters. The van der Waals surface area contributed by atoms with Gasteiger partial charge in [-0.3, -0.25) is 0 Å². The summed E-state index contributed by atoms with van der Waals surface area (Å²) in [6.45, 7) is 0. The van der Waals surface area contributed by atoms with Gasteiger partial charge in [0.25, 0.3) is 0 Å². The molecule has 0 radical (unpaired) electrons. The van der Waals surface area contributed by atoms with Crippen LogP contribution in [0.4, 0.5) is 11.5 Å². The average Bonchev–Trinajstić information content (AvgIpc) is 2.52. The average molecular weight is 382 g/mol. The van der Waals surface area contributed by atoms with E-state index in [-0.39, 0.29) is 0 Å². The smallest absolute Gasteiger partial charge is 0.199 e. The van der Waals surface area contributed by atoms with Crippen LogP contribution < -0.4 is 14.8 Å². The first-order chi connectivity index (χ1) is 11.5. The first-order valence-corrected chi connectivity index (χ1v) is 8.05. The molecule has 3 rings (SSSR count). The van der Waals surface area contributed by atoms with Gasteiger partial charge in [0.2, 0.25) is 0 Å². The molecule has 2 N–H and O–H groups in total. The van der Waals surface area contributed by atoms with Crippen molar-refractivity contribution in [3.8, 4) is 11.5 Å². The second-order valence-electron chi connectivity index (χ2n) is 4.93. The van der Waals surface area contributed by atoms with Crippen LogP contribution in [0.3, 0.4) is 0 Å². The fourth-order valence-corrected chi connectivity index (χ4v) is 3.07. The predicted molar refractivity (Wildman–Crippen MR) is 99.8 cm³/mol. The number of fused-ring (bicyclic) bond motifs is 1. The molecule has 24 heavy (non-hydrogen) atoms. The maximum atomic E-state index is 6.04. The number of ether oxygens (including phenoxy) is 2. The minimum Gasteiger partial charge on any atom is -0.493 e. The van der Waals surface area contributed by atoms with Gasteiger partial charge in [0.1, 0.15) is 5.82 Å². The molecule has 0 amide bonds. The number of H-pyrrole nitrogens is 1. The number of hydrogen-bond donors (Lipinski definition) is 2. The molecular formula is C16H13Cl2N3O2S. The number of halogens is 2. The molecule has 2 aromatic carbocycles. The summed E-state index contributed by atoms with van der Waals surface area (Å²) in [7, 11) is 3.15. The van der Waals surface area contributed by atoms with Crippen LogP contribution in [0.5, 0.6) is 11.5 Å². The summed E-state index contributed by atoms with van der Waals surface area (Å²) in [6.07, 6.45) is 0. The molecule has 1 heterocycles. The molecule has 0 unspecified atom stereocenters. The topological polar surface area (TPSA) is 59.2 Å².